The molecular formula is C11H21NO. The van der Waals surface area contributed by atoms with Gasteiger partial charge in [-0.2, -0.15) is 0 Å². The van der Waals surface area contributed by atoms with Gasteiger partial charge in [0.15, 0.2) is 0 Å². The van der Waals surface area contributed by atoms with Crippen LogP contribution < -0.4 is 0 Å². The third-order valence-corrected chi connectivity index (χ3v) is 3.67. The van der Waals surface area contributed by atoms with E-state index in [4.69, 9.17) is 5.11 Å². The smallest absolute Gasteiger partial charge is 0.0471 e. The second kappa shape index (κ2) is 4.43. The number of hydrogen-bond donors (Lipinski definition) is 1. The van der Waals surface area contributed by atoms with E-state index in [2.05, 4.69) is 4.90 Å². The maximum Gasteiger partial charge on any atom is 0.0471 e. The minimum absolute atomic E-state index is 0.392. The van der Waals surface area contributed by atoms with E-state index in [-0.39, 0.29) is 0 Å². The van der Waals surface area contributed by atoms with Crippen LogP contribution in [0.4, 0.5) is 0 Å². The summed E-state index contributed by atoms with van der Waals surface area (Å²) >= 11 is 0. The Morgan fingerprint density at radius 2 is 1.85 bits per heavy atom. The molecule has 2 nitrogen and oxygen atoms in total. The molecule has 1 atom stereocenters. The predicted octanol–water partition coefficient (Wildman–Crippen LogP) is 1.63. The Labute approximate surface area is 80.9 Å². The maximum atomic E-state index is 9.06. The molecule has 0 amide bonds. The third kappa shape index (κ3) is 2.23. The van der Waals surface area contributed by atoms with Crippen molar-refractivity contribution in [2.45, 2.75) is 44.6 Å². The average molecular weight is 183 g/mol. The zero-order chi connectivity index (χ0) is 9.10. The molecule has 1 heterocycles. The van der Waals surface area contributed by atoms with Gasteiger partial charge in [0.05, 0.1) is 0 Å². The lowest BCUT2D eigenvalue weighted by molar-refractivity contribution is 0.169. The minimum atomic E-state index is 0.392. The van der Waals surface area contributed by atoms with Gasteiger partial charge in [0, 0.05) is 19.2 Å². The lowest BCUT2D eigenvalue weighted by atomic mass is 9.94. The summed E-state index contributed by atoms with van der Waals surface area (Å²) in [5.74, 6) is 0.571. The summed E-state index contributed by atoms with van der Waals surface area (Å²) in [5, 5.41) is 9.06. The molecule has 2 heteroatoms. The molecule has 0 aromatic rings. The molecule has 2 fully saturated rings. The molecule has 1 saturated carbocycles. The summed E-state index contributed by atoms with van der Waals surface area (Å²) in [6.07, 6.45) is 8.30. The number of aliphatic hydroxyl groups excluding tert-OH is 1. The number of hydrogen-bond acceptors (Lipinski definition) is 2. The predicted molar refractivity (Wildman–Crippen MR) is 53.6 cm³/mol. The summed E-state index contributed by atoms with van der Waals surface area (Å²) in [6, 6.07) is 0.852. The number of aliphatic hydroxyl groups is 1. The Morgan fingerprint density at radius 3 is 2.46 bits per heavy atom. The van der Waals surface area contributed by atoms with Crippen molar-refractivity contribution in [1.29, 1.82) is 0 Å². The first-order chi connectivity index (χ1) is 6.40. The van der Waals surface area contributed by atoms with E-state index in [1.165, 1.54) is 45.1 Å². The highest BCUT2D eigenvalue weighted by atomic mass is 16.3. The lowest BCUT2D eigenvalue weighted by Gasteiger charge is -2.30. The summed E-state index contributed by atoms with van der Waals surface area (Å²) in [5.41, 5.74) is 0. The van der Waals surface area contributed by atoms with Crippen LogP contribution in [0.1, 0.15) is 38.5 Å². The molecule has 2 aliphatic rings. The molecule has 1 saturated heterocycles. The molecular weight excluding hydrogens is 162 g/mol. The monoisotopic (exact) mass is 183 g/mol. The van der Waals surface area contributed by atoms with Crippen LogP contribution in [0, 0.1) is 5.92 Å². The van der Waals surface area contributed by atoms with Gasteiger partial charge in [0.1, 0.15) is 0 Å². The van der Waals surface area contributed by atoms with Crippen LogP contribution in [0.5, 0.6) is 0 Å². The van der Waals surface area contributed by atoms with Gasteiger partial charge in [-0.25, -0.2) is 0 Å². The molecule has 0 unspecified atom stereocenters. The van der Waals surface area contributed by atoms with E-state index in [9.17, 15) is 0 Å². The van der Waals surface area contributed by atoms with Crippen LogP contribution in [0.25, 0.3) is 0 Å². The Balaban J connectivity index is 1.80. The van der Waals surface area contributed by atoms with Crippen molar-refractivity contribution >= 4 is 0 Å². The first-order valence-corrected chi connectivity index (χ1v) is 5.75. The highest BCUT2D eigenvalue weighted by Crippen LogP contribution is 2.27. The van der Waals surface area contributed by atoms with Gasteiger partial charge in [-0.05, 0) is 31.7 Å². The van der Waals surface area contributed by atoms with Crippen LogP contribution in [-0.2, 0) is 0 Å². The number of likely N-dealkylation sites (tertiary alicyclic amines) is 1. The van der Waals surface area contributed by atoms with Crippen molar-refractivity contribution in [3.63, 3.8) is 0 Å². The third-order valence-electron chi connectivity index (χ3n) is 3.67. The molecule has 0 bridgehead atoms. The highest BCUT2D eigenvalue weighted by Gasteiger charge is 2.28. The summed E-state index contributed by atoms with van der Waals surface area (Å²) in [7, 11) is 0. The zero-order valence-corrected chi connectivity index (χ0v) is 8.41. The number of nitrogens with zero attached hydrogens (tertiary/aromatic N) is 1. The normalized spacial score (nSPS) is 32.5. The molecule has 1 aliphatic carbocycles. The van der Waals surface area contributed by atoms with Crippen LogP contribution >= 0.6 is 0 Å². The summed E-state index contributed by atoms with van der Waals surface area (Å²) in [4.78, 5) is 2.61. The van der Waals surface area contributed by atoms with E-state index >= 15 is 0 Å². The largest absolute Gasteiger partial charge is 0.396 e. The van der Waals surface area contributed by atoms with Crippen molar-refractivity contribution in [1.82, 2.24) is 4.90 Å². The fourth-order valence-corrected chi connectivity index (χ4v) is 2.79. The minimum Gasteiger partial charge on any atom is -0.396 e. The molecule has 0 aromatic heterocycles. The molecule has 13 heavy (non-hydrogen) atoms. The van der Waals surface area contributed by atoms with Gasteiger partial charge in [0.25, 0.3) is 0 Å². The second-order valence-corrected chi connectivity index (χ2v) is 4.62. The first kappa shape index (κ1) is 9.47. The molecule has 0 radical (unpaired) electrons. The summed E-state index contributed by atoms with van der Waals surface area (Å²) in [6.45, 7) is 2.78. The van der Waals surface area contributed by atoms with Crippen molar-refractivity contribution in [2.75, 3.05) is 19.7 Å². The van der Waals surface area contributed by atoms with E-state index in [1.807, 2.05) is 0 Å². The Morgan fingerprint density at radius 1 is 1.08 bits per heavy atom. The van der Waals surface area contributed by atoms with Gasteiger partial charge in [-0.3, -0.25) is 0 Å². The van der Waals surface area contributed by atoms with Crippen molar-refractivity contribution in [2.24, 2.45) is 5.92 Å². The van der Waals surface area contributed by atoms with E-state index in [1.54, 1.807) is 0 Å². The molecule has 1 N–H and O–H groups in total. The zero-order valence-electron chi connectivity index (χ0n) is 8.41. The van der Waals surface area contributed by atoms with Gasteiger partial charge in [0.2, 0.25) is 0 Å². The van der Waals surface area contributed by atoms with Crippen LogP contribution in [0.15, 0.2) is 0 Å². The van der Waals surface area contributed by atoms with E-state index < -0.39 is 0 Å². The van der Waals surface area contributed by atoms with Crippen molar-refractivity contribution < 1.29 is 5.11 Å². The van der Waals surface area contributed by atoms with Crippen LogP contribution in [0.3, 0.4) is 0 Å². The van der Waals surface area contributed by atoms with Gasteiger partial charge in [-0.1, -0.05) is 19.3 Å². The molecule has 1 aliphatic heterocycles. The second-order valence-electron chi connectivity index (χ2n) is 4.62. The Bertz CT molecular complexity index is 154. The highest BCUT2D eigenvalue weighted by molar-refractivity contribution is 4.82. The molecule has 0 spiro atoms. The Hall–Kier alpha value is -0.0800. The van der Waals surface area contributed by atoms with Gasteiger partial charge in [-0.15, -0.1) is 0 Å². The molecule has 2 rings (SSSR count). The first-order valence-electron chi connectivity index (χ1n) is 5.75. The van der Waals surface area contributed by atoms with Gasteiger partial charge < -0.3 is 10.0 Å². The number of rotatable bonds is 2. The topological polar surface area (TPSA) is 23.5 Å². The summed E-state index contributed by atoms with van der Waals surface area (Å²) < 4.78 is 0. The van der Waals surface area contributed by atoms with E-state index in [0.717, 1.165) is 12.6 Å². The van der Waals surface area contributed by atoms with Crippen molar-refractivity contribution in [3.8, 4) is 0 Å². The van der Waals surface area contributed by atoms with Gasteiger partial charge >= 0.3 is 0 Å². The van der Waals surface area contributed by atoms with Crippen LogP contribution in [0.2, 0.25) is 0 Å². The Kier molecular flexibility index (Phi) is 3.23. The van der Waals surface area contributed by atoms with Crippen LogP contribution in [-0.4, -0.2) is 35.7 Å². The molecule has 0 aromatic carbocycles. The van der Waals surface area contributed by atoms with E-state index in [0.29, 0.717) is 12.5 Å². The fraction of sp³-hybridized carbons (Fsp3) is 1.00. The SMILES string of the molecule is OC[C@@H]1CCN(C2CCCCC2)C1. The lowest BCUT2D eigenvalue weighted by Crippen LogP contribution is -2.35. The standard InChI is InChI=1S/C11H21NO/c13-9-10-6-7-12(8-10)11-4-2-1-3-5-11/h10-11,13H,1-9H2/t10-/m1/s1. The molecule has 76 valence electrons. The quantitative estimate of drug-likeness (QED) is 0.703. The maximum absolute atomic E-state index is 9.06. The van der Waals surface area contributed by atoms with Crippen molar-refractivity contribution in [3.05, 3.63) is 0 Å². The fourth-order valence-electron chi connectivity index (χ4n) is 2.79. The average Bonchev–Trinajstić information content (AvgIpc) is 2.67.